The number of allylic oxidation sites excluding steroid dienone is 3. The lowest BCUT2D eigenvalue weighted by molar-refractivity contribution is -0.0908. The van der Waals surface area contributed by atoms with Crippen molar-refractivity contribution >= 4 is 5.69 Å². The molecule has 3 heterocycles. The average Bonchev–Trinajstić information content (AvgIpc) is 3.32. The summed E-state index contributed by atoms with van der Waals surface area (Å²) in [5, 5.41) is 18.1. The maximum atomic E-state index is 13.6. The van der Waals surface area contributed by atoms with Crippen molar-refractivity contribution in [3.8, 4) is 6.07 Å². The number of fused-ring (bicyclic) bond motifs is 1. The molecule has 0 amide bonds. The fourth-order valence-electron chi connectivity index (χ4n) is 4.65. The summed E-state index contributed by atoms with van der Waals surface area (Å²) in [7, 11) is 1.89. The van der Waals surface area contributed by atoms with Gasteiger partial charge in [-0.1, -0.05) is 13.0 Å². The van der Waals surface area contributed by atoms with Gasteiger partial charge in [0.15, 0.2) is 0 Å². The largest absolute Gasteiger partial charge is 0.418 e. The summed E-state index contributed by atoms with van der Waals surface area (Å²) in [6.45, 7) is 4.01. The van der Waals surface area contributed by atoms with Crippen LogP contribution in [0.25, 0.3) is 0 Å². The Kier molecular flexibility index (Phi) is 4.89. The molecule has 1 fully saturated rings. The molecular weight excluding hydrogens is 429 g/mol. The van der Waals surface area contributed by atoms with Crippen molar-refractivity contribution in [2.75, 3.05) is 4.90 Å². The van der Waals surface area contributed by atoms with E-state index in [0.717, 1.165) is 36.7 Å². The third-order valence-corrected chi connectivity index (χ3v) is 6.50. The average molecular weight is 450 g/mol. The number of aryl methyl sites for hydroxylation is 1. The molecule has 168 valence electrons. The zero-order valence-corrected chi connectivity index (χ0v) is 17.9. The van der Waals surface area contributed by atoms with Gasteiger partial charge in [-0.2, -0.15) is 18.4 Å². The predicted octanol–water partition coefficient (Wildman–Crippen LogP) is 5.07. The van der Waals surface area contributed by atoms with E-state index in [2.05, 4.69) is 22.8 Å². The van der Waals surface area contributed by atoms with Crippen LogP contribution in [0.5, 0.6) is 0 Å². The summed E-state index contributed by atoms with van der Waals surface area (Å²) in [4.78, 5) is 3.01. The number of anilines is 1. The molecule has 1 aromatic heterocycles. The first-order valence-corrected chi connectivity index (χ1v) is 10.6. The van der Waals surface area contributed by atoms with Gasteiger partial charge < -0.3 is 14.4 Å². The molecule has 5 rings (SSSR count). The van der Waals surface area contributed by atoms with Crippen LogP contribution in [0.2, 0.25) is 0 Å². The van der Waals surface area contributed by atoms with E-state index in [1.807, 2.05) is 23.7 Å². The lowest BCUT2D eigenvalue weighted by Crippen LogP contribution is -2.25. The number of halogens is 3. The standard InChI is InChI=1S/C24H21F3N6/c1-15-32-8-4-7-20(24(25,26)27)21(32)13-33(15)19-10-16(12-28)9-18(11-19)22(17-5-3-6-17)23-30-29-14-31(23)2/h4,7-11,13-14,17,22H,1,3,5-6H2,2H3. The fourth-order valence-corrected chi connectivity index (χ4v) is 4.65. The lowest BCUT2D eigenvalue weighted by Gasteiger charge is -2.34. The number of nitrogens with zero attached hydrogens (tertiary/aromatic N) is 6. The molecule has 9 heteroatoms. The van der Waals surface area contributed by atoms with E-state index in [9.17, 15) is 18.4 Å². The molecule has 0 N–H and O–H groups in total. The van der Waals surface area contributed by atoms with Crippen LogP contribution in [-0.2, 0) is 7.05 Å². The zero-order valence-electron chi connectivity index (χ0n) is 17.9. The molecule has 33 heavy (non-hydrogen) atoms. The summed E-state index contributed by atoms with van der Waals surface area (Å²) in [5.41, 5.74) is 1.16. The van der Waals surface area contributed by atoms with Crippen LogP contribution in [0.3, 0.4) is 0 Å². The third-order valence-electron chi connectivity index (χ3n) is 6.50. The van der Waals surface area contributed by atoms with Gasteiger partial charge in [-0.05, 0) is 54.7 Å². The number of aromatic nitrogens is 3. The predicted molar refractivity (Wildman–Crippen MR) is 116 cm³/mol. The number of alkyl halides is 3. The Hall–Kier alpha value is -3.80. The summed E-state index contributed by atoms with van der Waals surface area (Å²) >= 11 is 0. The molecule has 0 spiro atoms. The summed E-state index contributed by atoms with van der Waals surface area (Å²) in [6, 6.07) is 7.61. The molecular formula is C24H21F3N6. The smallest absolute Gasteiger partial charge is 0.320 e. The Morgan fingerprint density at radius 2 is 2.00 bits per heavy atom. The van der Waals surface area contributed by atoms with Gasteiger partial charge in [0, 0.05) is 31.1 Å². The SMILES string of the molecule is C=C1N2C=CC=C(C(F)(F)F)C2=CN1c1cc(C#N)cc(C(c2nncn2C)C2CCC2)c1. The molecule has 1 saturated carbocycles. The Bertz CT molecular complexity index is 1260. The summed E-state index contributed by atoms with van der Waals surface area (Å²) < 4.78 is 42.6. The van der Waals surface area contributed by atoms with Gasteiger partial charge in [0.1, 0.15) is 18.0 Å². The van der Waals surface area contributed by atoms with Gasteiger partial charge in [-0.15, -0.1) is 10.2 Å². The lowest BCUT2D eigenvalue weighted by atomic mass is 9.72. The number of hydrogen-bond donors (Lipinski definition) is 0. The first-order chi connectivity index (χ1) is 15.8. The van der Waals surface area contributed by atoms with Gasteiger partial charge in [0.05, 0.1) is 22.9 Å². The molecule has 3 aliphatic rings. The van der Waals surface area contributed by atoms with Crippen molar-refractivity contribution in [1.82, 2.24) is 19.7 Å². The molecule has 2 aliphatic heterocycles. The Labute approximate surface area is 189 Å². The number of hydrogen-bond acceptors (Lipinski definition) is 5. The van der Waals surface area contributed by atoms with E-state index in [-0.39, 0.29) is 11.6 Å². The van der Waals surface area contributed by atoms with Crippen LogP contribution in [-0.4, -0.2) is 25.8 Å². The monoisotopic (exact) mass is 450 g/mol. The van der Waals surface area contributed by atoms with Crippen molar-refractivity contribution in [2.45, 2.75) is 31.4 Å². The first kappa shape index (κ1) is 21.1. The van der Waals surface area contributed by atoms with Gasteiger partial charge in [-0.3, -0.25) is 0 Å². The van der Waals surface area contributed by atoms with Crippen LogP contribution in [0, 0.1) is 17.2 Å². The third kappa shape index (κ3) is 3.52. The number of rotatable bonds is 4. The van der Waals surface area contributed by atoms with Crippen LogP contribution in [0.1, 0.15) is 42.1 Å². The number of benzene rings is 1. The van der Waals surface area contributed by atoms with Crippen LogP contribution in [0.4, 0.5) is 18.9 Å². The Morgan fingerprint density at radius 3 is 2.61 bits per heavy atom. The molecule has 1 aliphatic carbocycles. The van der Waals surface area contributed by atoms with Crippen LogP contribution in [0.15, 0.2) is 72.7 Å². The molecule has 1 aromatic carbocycles. The molecule has 1 atom stereocenters. The molecule has 6 nitrogen and oxygen atoms in total. The zero-order chi connectivity index (χ0) is 23.3. The molecule has 0 bridgehead atoms. The minimum atomic E-state index is -4.49. The highest BCUT2D eigenvalue weighted by Crippen LogP contribution is 2.45. The quantitative estimate of drug-likeness (QED) is 0.651. The highest BCUT2D eigenvalue weighted by atomic mass is 19.4. The van der Waals surface area contributed by atoms with Crippen molar-refractivity contribution < 1.29 is 13.2 Å². The van der Waals surface area contributed by atoms with E-state index in [0.29, 0.717) is 23.0 Å². The second-order valence-electron chi connectivity index (χ2n) is 8.48. The topological polar surface area (TPSA) is 61.0 Å². The van der Waals surface area contributed by atoms with E-state index in [4.69, 9.17) is 0 Å². The Balaban J connectivity index is 1.60. The van der Waals surface area contributed by atoms with E-state index in [1.54, 1.807) is 23.5 Å². The second kappa shape index (κ2) is 7.66. The number of nitriles is 1. The van der Waals surface area contributed by atoms with Crippen LogP contribution >= 0.6 is 0 Å². The fraction of sp³-hybridized carbons (Fsp3) is 0.292. The van der Waals surface area contributed by atoms with Crippen molar-refractivity contribution in [1.29, 1.82) is 5.26 Å². The van der Waals surface area contributed by atoms with E-state index >= 15 is 0 Å². The summed E-state index contributed by atoms with van der Waals surface area (Å²) in [6.07, 6.45) is 5.76. The minimum Gasteiger partial charge on any atom is -0.320 e. The first-order valence-electron chi connectivity index (χ1n) is 10.6. The molecule has 2 aromatic rings. The normalized spacial score (nSPS) is 19.1. The van der Waals surface area contributed by atoms with Crippen molar-refractivity contribution in [3.63, 3.8) is 0 Å². The highest BCUT2D eigenvalue weighted by Gasteiger charge is 2.42. The van der Waals surface area contributed by atoms with E-state index in [1.165, 1.54) is 17.2 Å². The maximum absolute atomic E-state index is 13.6. The maximum Gasteiger partial charge on any atom is 0.418 e. The van der Waals surface area contributed by atoms with Gasteiger partial charge in [0.25, 0.3) is 0 Å². The van der Waals surface area contributed by atoms with Crippen LogP contribution < -0.4 is 4.90 Å². The van der Waals surface area contributed by atoms with Crippen molar-refractivity contribution in [2.24, 2.45) is 13.0 Å². The Morgan fingerprint density at radius 1 is 1.21 bits per heavy atom. The molecule has 0 radical (unpaired) electrons. The van der Waals surface area contributed by atoms with Gasteiger partial charge in [0.2, 0.25) is 0 Å². The molecule has 1 unspecified atom stereocenters. The minimum absolute atomic E-state index is 0.00255. The second-order valence-corrected chi connectivity index (χ2v) is 8.48. The summed E-state index contributed by atoms with van der Waals surface area (Å²) in [5.74, 6) is 1.47. The molecule has 0 saturated heterocycles. The van der Waals surface area contributed by atoms with Crippen molar-refractivity contribution in [3.05, 3.63) is 89.7 Å². The highest BCUT2D eigenvalue weighted by molar-refractivity contribution is 5.65. The van der Waals surface area contributed by atoms with Gasteiger partial charge in [-0.25, -0.2) is 0 Å². The van der Waals surface area contributed by atoms with E-state index < -0.39 is 11.7 Å². The van der Waals surface area contributed by atoms with Gasteiger partial charge >= 0.3 is 6.18 Å².